The Morgan fingerprint density at radius 1 is 1.14 bits per heavy atom. The largest absolute Gasteiger partial charge is 0.494 e. The van der Waals surface area contributed by atoms with Crippen LogP contribution in [-0.2, 0) is 10.0 Å². The number of methoxy groups -OCH3 is 1. The fourth-order valence-electron chi connectivity index (χ4n) is 3.10. The van der Waals surface area contributed by atoms with Gasteiger partial charge in [-0.25, -0.2) is 12.8 Å². The van der Waals surface area contributed by atoms with E-state index in [1.165, 1.54) is 47.8 Å². The highest BCUT2D eigenvalue weighted by Gasteiger charge is 2.27. The molecule has 0 aliphatic carbocycles. The predicted octanol–water partition coefficient (Wildman–Crippen LogP) is 3.51. The summed E-state index contributed by atoms with van der Waals surface area (Å²) in [5.41, 5.74) is 0.560. The molecule has 0 aromatic heterocycles. The number of nitrogens with one attached hydrogen (secondary N) is 1. The molecule has 1 heterocycles. The van der Waals surface area contributed by atoms with Crippen LogP contribution in [0.25, 0.3) is 0 Å². The van der Waals surface area contributed by atoms with E-state index in [2.05, 4.69) is 12.2 Å². The van der Waals surface area contributed by atoms with Crippen LogP contribution in [0.3, 0.4) is 0 Å². The molecule has 1 aliphatic rings. The zero-order valence-corrected chi connectivity index (χ0v) is 16.6. The van der Waals surface area contributed by atoms with E-state index in [1.807, 2.05) is 0 Å². The summed E-state index contributed by atoms with van der Waals surface area (Å²) < 4.78 is 45.6. The first-order chi connectivity index (χ1) is 13.3. The molecule has 2 aromatic carbocycles. The van der Waals surface area contributed by atoms with Crippen LogP contribution < -0.4 is 10.1 Å². The third-order valence-electron chi connectivity index (χ3n) is 4.91. The molecule has 3 rings (SSSR count). The Kier molecular flexibility index (Phi) is 6.00. The summed E-state index contributed by atoms with van der Waals surface area (Å²) in [5.74, 6) is -0.542. The van der Waals surface area contributed by atoms with Crippen molar-refractivity contribution in [2.75, 3.05) is 25.5 Å². The average Bonchev–Trinajstić information content (AvgIpc) is 2.68. The molecular formula is C20H23FN2O4S. The number of carbonyl (C=O) groups excluding carboxylic acids is 1. The van der Waals surface area contributed by atoms with Crippen molar-refractivity contribution in [3.63, 3.8) is 0 Å². The fraction of sp³-hybridized carbons (Fsp3) is 0.350. The van der Waals surface area contributed by atoms with Crippen molar-refractivity contribution in [2.45, 2.75) is 24.7 Å². The smallest absolute Gasteiger partial charge is 0.255 e. The van der Waals surface area contributed by atoms with Gasteiger partial charge >= 0.3 is 0 Å². The van der Waals surface area contributed by atoms with E-state index in [4.69, 9.17) is 4.74 Å². The monoisotopic (exact) mass is 406 g/mol. The summed E-state index contributed by atoms with van der Waals surface area (Å²) in [6.07, 6.45) is 1.71. The SMILES string of the molecule is COc1ccc(C(=O)Nc2ccc(S(=O)(=O)N3CCC(C)CC3)cc2)cc1F. The third kappa shape index (κ3) is 4.34. The van der Waals surface area contributed by atoms with Gasteiger partial charge in [-0.3, -0.25) is 4.79 Å². The van der Waals surface area contributed by atoms with Gasteiger partial charge in [0.15, 0.2) is 11.6 Å². The van der Waals surface area contributed by atoms with Crippen molar-refractivity contribution in [1.82, 2.24) is 4.31 Å². The standard InChI is InChI=1S/C20H23FN2O4S/c1-14-9-11-23(12-10-14)28(25,26)17-6-4-16(5-7-17)22-20(24)15-3-8-19(27-2)18(21)13-15/h3-8,13-14H,9-12H2,1-2H3,(H,22,24). The zero-order valence-electron chi connectivity index (χ0n) is 15.8. The Labute approximate surface area is 164 Å². The van der Waals surface area contributed by atoms with E-state index in [9.17, 15) is 17.6 Å². The number of halogens is 1. The predicted molar refractivity (Wildman–Crippen MR) is 105 cm³/mol. The van der Waals surface area contributed by atoms with Crippen molar-refractivity contribution < 1.29 is 22.3 Å². The van der Waals surface area contributed by atoms with Gasteiger partial charge in [0.05, 0.1) is 12.0 Å². The van der Waals surface area contributed by atoms with Crippen LogP contribution in [0.5, 0.6) is 5.75 Å². The quantitative estimate of drug-likeness (QED) is 0.825. The van der Waals surface area contributed by atoms with Gasteiger partial charge in [0.25, 0.3) is 5.91 Å². The van der Waals surface area contributed by atoms with Crippen molar-refractivity contribution in [2.24, 2.45) is 5.92 Å². The topological polar surface area (TPSA) is 75.7 Å². The molecule has 6 nitrogen and oxygen atoms in total. The molecule has 0 bridgehead atoms. The third-order valence-corrected chi connectivity index (χ3v) is 6.82. The number of hydrogen-bond donors (Lipinski definition) is 1. The number of carbonyl (C=O) groups is 1. The van der Waals surface area contributed by atoms with Gasteiger partial charge in [0.1, 0.15) is 0 Å². The Hall–Kier alpha value is -2.45. The summed E-state index contributed by atoms with van der Waals surface area (Å²) in [5, 5.41) is 2.63. The van der Waals surface area contributed by atoms with Crippen molar-refractivity contribution >= 4 is 21.6 Å². The number of rotatable bonds is 5. The lowest BCUT2D eigenvalue weighted by atomic mass is 10.0. The minimum atomic E-state index is -3.54. The lowest BCUT2D eigenvalue weighted by Gasteiger charge is -2.29. The fourth-order valence-corrected chi connectivity index (χ4v) is 4.57. The second-order valence-corrected chi connectivity index (χ2v) is 8.85. The Morgan fingerprint density at radius 2 is 1.79 bits per heavy atom. The maximum absolute atomic E-state index is 13.8. The highest BCUT2D eigenvalue weighted by molar-refractivity contribution is 7.89. The highest BCUT2D eigenvalue weighted by Crippen LogP contribution is 2.25. The maximum Gasteiger partial charge on any atom is 0.255 e. The van der Waals surface area contributed by atoms with E-state index in [-0.39, 0.29) is 16.2 Å². The van der Waals surface area contributed by atoms with Crippen molar-refractivity contribution in [3.05, 3.63) is 53.8 Å². The van der Waals surface area contributed by atoms with Gasteiger partial charge in [0.2, 0.25) is 10.0 Å². The summed E-state index contributed by atoms with van der Waals surface area (Å²) in [6.45, 7) is 3.16. The number of benzene rings is 2. The number of piperidine rings is 1. The first-order valence-electron chi connectivity index (χ1n) is 9.06. The molecule has 28 heavy (non-hydrogen) atoms. The number of nitrogens with zero attached hydrogens (tertiary/aromatic N) is 1. The minimum Gasteiger partial charge on any atom is -0.494 e. The number of sulfonamides is 1. The maximum atomic E-state index is 13.8. The molecule has 1 fully saturated rings. The van der Waals surface area contributed by atoms with Gasteiger partial charge < -0.3 is 10.1 Å². The summed E-state index contributed by atoms with van der Waals surface area (Å²) in [4.78, 5) is 12.5. The van der Waals surface area contributed by atoms with Crippen LogP contribution in [0.1, 0.15) is 30.1 Å². The minimum absolute atomic E-state index is 0.0539. The Balaban J connectivity index is 1.70. The molecule has 0 spiro atoms. The molecule has 0 unspecified atom stereocenters. The van der Waals surface area contributed by atoms with Crippen LogP contribution >= 0.6 is 0 Å². The number of hydrogen-bond acceptors (Lipinski definition) is 4. The van der Waals surface area contributed by atoms with Crippen LogP contribution in [0.4, 0.5) is 10.1 Å². The normalized spacial score (nSPS) is 16.0. The van der Waals surface area contributed by atoms with Gasteiger partial charge in [-0.2, -0.15) is 4.31 Å². The van der Waals surface area contributed by atoms with Gasteiger partial charge in [0, 0.05) is 24.3 Å². The molecule has 2 aromatic rings. The van der Waals surface area contributed by atoms with E-state index >= 15 is 0 Å². The molecule has 0 radical (unpaired) electrons. The lowest BCUT2D eigenvalue weighted by molar-refractivity contribution is 0.102. The molecule has 1 N–H and O–H groups in total. The highest BCUT2D eigenvalue weighted by atomic mass is 32.2. The number of amides is 1. The summed E-state index contributed by atoms with van der Waals surface area (Å²) in [6, 6.07) is 9.90. The van der Waals surface area contributed by atoms with Gasteiger partial charge in [-0.15, -0.1) is 0 Å². The van der Waals surface area contributed by atoms with Crippen LogP contribution in [-0.4, -0.2) is 38.8 Å². The van der Waals surface area contributed by atoms with Crippen LogP contribution in [0, 0.1) is 11.7 Å². The molecule has 8 heteroatoms. The van der Waals surface area contributed by atoms with E-state index < -0.39 is 21.7 Å². The second-order valence-electron chi connectivity index (χ2n) is 6.91. The molecular weight excluding hydrogens is 383 g/mol. The molecule has 1 saturated heterocycles. The molecule has 0 saturated carbocycles. The van der Waals surface area contributed by atoms with Crippen molar-refractivity contribution in [3.8, 4) is 5.75 Å². The zero-order chi connectivity index (χ0) is 20.3. The first-order valence-corrected chi connectivity index (χ1v) is 10.5. The van der Waals surface area contributed by atoms with E-state index in [0.717, 1.165) is 18.9 Å². The lowest BCUT2D eigenvalue weighted by Crippen LogP contribution is -2.37. The van der Waals surface area contributed by atoms with Crippen molar-refractivity contribution in [1.29, 1.82) is 0 Å². The number of anilines is 1. The average molecular weight is 406 g/mol. The molecule has 1 aliphatic heterocycles. The van der Waals surface area contributed by atoms with E-state index in [1.54, 1.807) is 0 Å². The van der Waals surface area contributed by atoms with E-state index in [0.29, 0.717) is 24.7 Å². The van der Waals surface area contributed by atoms with Gasteiger partial charge in [-0.1, -0.05) is 6.92 Å². The summed E-state index contributed by atoms with van der Waals surface area (Å²) >= 11 is 0. The second kappa shape index (κ2) is 8.28. The van der Waals surface area contributed by atoms with Crippen LogP contribution in [0.15, 0.2) is 47.4 Å². The molecule has 0 atom stereocenters. The first kappa shape index (κ1) is 20.3. The van der Waals surface area contributed by atoms with Crippen LogP contribution in [0.2, 0.25) is 0 Å². The number of ether oxygens (including phenoxy) is 1. The Bertz CT molecular complexity index is 953. The molecule has 1 amide bonds. The Morgan fingerprint density at radius 3 is 2.36 bits per heavy atom. The molecule has 150 valence electrons. The van der Waals surface area contributed by atoms with Gasteiger partial charge in [-0.05, 0) is 61.2 Å². The summed E-state index contributed by atoms with van der Waals surface area (Å²) in [7, 11) is -2.19.